The number of anilines is 1. The fraction of sp³-hybridized carbons (Fsp3) is 0.231. The number of aliphatic hydroxyl groups is 1. The van der Waals surface area contributed by atoms with Gasteiger partial charge in [0.1, 0.15) is 18.1 Å². The molecule has 0 saturated heterocycles. The fourth-order valence-electron chi connectivity index (χ4n) is 1.47. The summed E-state index contributed by atoms with van der Waals surface area (Å²) < 4.78 is 5.27. The van der Waals surface area contributed by atoms with Crippen LogP contribution in [0, 0.1) is 0 Å². The number of nitrogens with one attached hydrogen (secondary N) is 1. The number of aliphatic hydroxyl groups excluding tert-OH is 1. The molecule has 1 aromatic carbocycles. The number of hydrogen-bond acceptors (Lipinski definition) is 6. The van der Waals surface area contributed by atoms with Crippen molar-refractivity contribution in [2.75, 3.05) is 11.9 Å². The molecule has 1 heterocycles. The van der Waals surface area contributed by atoms with Crippen molar-refractivity contribution in [2.45, 2.75) is 13.0 Å². The highest BCUT2D eigenvalue weighted by molar-refractivity contribution is 7.13. The maximum atomic E-state index is 12.0. The Morgan fingerprint density at radius 3 is 2.95 bits per heavy atom. The number of aromatic hydroxyl groups is 1. The lowest BCUT2D eigenvalue weighted by molar-refractivity contribution is 0.102. The van der Waals surface area contributed by atoms with Crippen molar-refractivity contribution in [2.24, 2.45) is 0 Å². The lowest BCUT2D eigenvalue weighted by Crippen LogP contribution is -2.14. The third-order valence-corrected chi connectivity index (χ3v) is 2.99. The van der Waals surface area contributed by atoms with E-state index in [1.165, 1.54) is 29.5 Å². The zero-order valence-corrected chi connectivity index (χ0v) is 11.6. The number of phenolic OH excluding ortho intramolecular Hbond substituents is 1. The first-order chi connectivity index (χ1) is 9.54. The second-order valence-electron chi connectivity index (χ2n) is 4.17. The number of aromatic nitrogens is 1. The Morgan fingerprint density at radius 1 is 1.50 bits per heavy atom. The highest BCUT2D eigenvalue weighted by Gasteiger charge is 2.11. The SMILES string of the molecule is CC(O)COc1cc(O)cc(C(=O)Nc2nccs2)c1. The summed E-state index contributed by atoms with van der Waals surface area (Å²) in [6, 6.07) is 4.20. The molecule has 106 valence electrons. The van der Waals surface area contributed by atoms with Gasteiger partial charge in [-0.05, 0) is 19.1 Å². The molecular weight excluding hydrogens is 280 g/mol. The number of ether oxygens (including phenoxy) is 1. The van der Waals surface area contributed by atoms with E-state index < -0.39 is 12.0 Å². The van der Waals surface area contributed by atoms with Gasteiger partial charge in [0.05, 0.1) is 6.10 Å². The molecule has 0 aliphatic carbocycles. The van der Waals surface area contributed by atoms with E-state index in [0.29, 0.717) is 10.9 Å². The Labute approximate surface area is 119 Å². The topological polar surface area (TPSA) is 91.7 Å². The van der Waals surface area contributed by atoms with E-state index in [4.69, 9.17) is 9.84 Å². The number of amides is 1. The average Bonchev–Trinajstić information content (AvgIpc) is 2.88. The molecule has 2 aromatic rings. The number of rotatable bonds is 5. The van der Waals surface area contributed by atoms with Gasteiger partial charge in [-0.1, -0.05) is 0 Å². The minimum Gasteiger partial charge on any atom is -0.508 e. The molecule has 0 saturated carbocycles. The van der Waals surface area contributed by atoms with Crippen LogP contribution < -0.4 is 10.1 Å². The Morgan fingerprint density at radius 2 is 2.30 bits per heavy atom. The quantitative estimate of drug-likeness (QED) is 0.783. The molecule has 0 fully saturated rings. The third kappa shape index (κ3) is 3.94. The van der Waals surface area contributed by atoms with Gasteiger partial charge >= 0.3 is 0 Å². The van der Waals surface area contributed by atoms with Crippen LogP contribution in [-0.4, -0.2) is 33.8 Å². The normalized spacial score (nSPS) is 11.9. The lowest BCUT2D eigenvalue weighted by Gasteiger charge is -2.10. The van der Waals surface area contributed by atoms with Crippen LogP contribution in [-0.2, 0) is 0 Å². The van der Waals surface area contributed by atoms with Crippen LogP contribution in [0.3, 0.4) is 0 Å². The highest BCUT2D eigenvalue weighted by atomic mass is 32.1. The molecule has 2 rings (SSSR count). The van der Waals surface area contributed by atoms with Gasteiger partial charge in [-0.25, -0.2) is 4.98 Å². The largest absolute Gasteiger partial charge is 0.508 e. The number of benzene rings is 1. The predicted octanol–water partition coefficient (Wildman–Crippen LogP) is 1.86. The van der Waals surface area contributed by atoms with E-state index in [0.717, 1.165) is 0 Å². The van der Waals surface area contributed by atoms with E-state index in [1.54, 1.807) is 18.5 Å². The van der Waals surface area contributed by atoms with Crippen molar-refractivity contribution in [3.8, 4) is 11.5 Å². The van der Waals surface area contributed by atoms with E-state index in [2.05, 4.69) is 10.3 Å². The summed E-state index contributed by atoms with van der Waals surface area (Å²) in [5.74, 6) is -0.162. The molecule has 0 bridgehead atoms. The molecule has 0 aliphatic rings. The molecule has 1 unspecified atom stereocenters. The maximum Gasteiger partial charge on any atom is 0.257 e. The van der Waals surface area contributed by atoms with Gasteiger partial charge in [-0.15, -0.1) is 11.3 Å². The summed E-state index contributed by atoms with van der Waals surface area (Å²) in [5.41, 5.74) is 0.251. The molecule has 20 heavy (non-hydrogen) atoms. The van der Waals surface area contributed by atoms with Crippen LogP contribution in [0.4, 0.5) is 5.13 Å². The number of phenols is 1. The fourth-order valence-corrected chi connectivity index (χ4v) is 1.99. The third-order valence-electron chi connectivity index (χ3n) is 2.30. The minimum atomic E-state index is -0.634. The molecule has 3 N–H and O–H groups in total. The first-order valence-electron chi connectivity index (χ1n) is 5.90. The van der Waals surface area contributed by atoms with Gasteiger partial charge in [-0.2, -0.15) is 0 Å². The molecule has 1 atom stereocenters. The second kappa shape index (κ2) is 6.36. The summed E-state index contributed by atoms with van der Waals surface area (Å²) in [4.78, 5) is 15.9. The first kappa shape index (κ1) is 14.3. The van der Waals surface area contributed by atoms with Crippen molar-refractivity contribution in [1.82, 2.24) is 4.98 Å². The van der Waals surface area contributed by atoms with Gasteiger partial charge in [-0.3, -0.25) is 10.1 Å². The molecule has 6 nitrogen and oxygen atoms in total. The van der Waals surface area contributed by atoms with Gasteiger partial charge in [0.25, 0.3) is 5.91 Å². The molecule has 1 aromatic heterocycles. The van der Waals surface area contributed by atoms with Crippen LogP contribution in [0.25, 0.3) is 0 Å². The van der Waals surface area contributed by atoms with Gasteiger partial charge in [0, 0.05) is 23.2 Å². The number of thiazole rings is 1. The van der Waals surface area contributed by atoms with Gasteiger partial charge in [0.2, 0.25) is 0 Å². The summed E-state index contributed by atoms with van der Waals surface area (Å²) >= 11 is 1.30. The zero-order chi connectivity index (χ0) is 14.5. The Kier molecular flexibility index (Phi) is 4.54. The smallest absolute Gasteiger partial charge is 0.257 e. The van der Waals surface area contributed by atoms with Crippen molar-refractivity contribution in [3.05, 3.63) is 35.3 Å². The molecule has 0 radical (unpaired) electrons. The van der Waals surface area contributed by atoms with E-state index >= 15 is 0 Å². The van der Waals surface area contributed by atoms with Crippen LogP contribution in [0.5, 0.6) is 11.5 Å². The standard InChI is InChI=1S/C13H14N2O4S/c1-8(16)7-19-11-5-9(4-10(17)6-11)12(18)15-13-14-2-3-20-13/h2-6,8,16-17H,7H2,1H3,(H,14,15,18). The van der Waals surface area contributed by atoms with Crippen molar-refractivity contribution >= 4 is 22.4 Å². The summed E-state index contributed by atoms with van der Waals surface area (Å²) in [6.07, 6.45) is 0.949. The Bertz CT molecular complexity index is 584. The molecule has 0 aliphatic heterocycles. The van der Waals surface area contributed by atoms with E-state index in [9.17, 15) is 9.90 Å². The van der Waals surface area contributed by atoms with Crippen molar-refractivity contribution in [3.63, 3.8) is 0 Å². The van der Waals surface area contributed by atoms with E-state index in [1.807, 2.05) is 0 Å². The maximum absolute atomic E-state index is 12.0. The number of carbonyl (C=O) groups excluding carboxylic acids is 1. The second-order valence-corrected chi connectivity index (χ2v) is 5.06. The monoisotopic (exact) mass is 294 g/mol. The molecule has 0 spiro atoms. The van der Waals surface area contributed by atoms with Crippen molar-refractivity contribution in [1.29, 1.82) is 0 Å². The summed E-state index contributed by atoms with van der Waals surface area (Å²) in [6.45, 7) is 1.66. The number of carbonyl (C=O) groups is 1. The summed E-state index contributed by atoms with van der Waals surface area (Å²) in [5, 5.41) is 23.6. The van der Waals surface area contributed by atoms with Crippen molar-refractivity contribution < 1.29 is 19.7 Å². The Balaban J connectivity index is 2.12. The van der Waals surface area contributed by atoms with Crippen LogP contribution in [0.1, 0.15) is 17.3 Å². The van der Waals surface area contributed by atoms with Gasteiger partial charge in [0.15, 0.2) is 5.13 Å². The lowest BCUT2D eigenvalue weighted by atomic mass is 10.2. The van der Waals surface area contributed by atoms with Crippen LogP contribution in [0.15, 0.2) is 29.8 Å². The Hall–Kier alpha value is -2.12. The average molecular weight is 294 g/mol. The number of nitrogens with zero attached hydrogens (tertiary/aromatic N) is 1. The summed E-state index contributed by atoms with van der Waals surface area (Å²) in [7, 11) is 0. The van der Waals surface area contributed by atoms with Gasteiger partial charge < -0.3 is 14.9 Å². The molecule has 1 amide bonds. The predicted molar refractivity (Wildman–Crippen MR) is 75.3 cm³/mol. The molecule has 7 heteroatoms. The van der Waals surface area contributed by atoms with E-state index in [-0.39, 0.29) is 17.9 Å². The number of hydrogen-bond donors (Lipinski definition) is 3. The minimum absolute atomic E-state index is 0.0803. The molecular formula is C13H14N2O4S. The zero-order valence-electron chi connectivity index (χ0n) is 10.7. The highest BCUT2D eigenvalue weighted by Crippen LogP contribution is 2.23. The first-order valence-corrected chi connectivity index (χ1v) is 6.78. The van der Waals surface area contributed by atoms with Crippen LogP contribution >= 0.6 is 11.3 Å². The van der Waals surface area contributed by atoms with Crippen LogP contribution in [0.2, 0.25) is 0 Å².